The SMILES string of the molecule is CN1C(=O)C(NC(=O)c2cc(Oc3ccc(C(F)(F)F)nc3)ccn2)COc2ccc(C#CC3(O)COC3)cc21. The molecule has 13 heteroatoms. The number of amides is 2. The van der Waals surface area contributed by atoms with Gasteiger partial charge in [-0.05, 0) is 36.4 Å². The Morgan fingerprint density at radius 1 is 1.18 bits per heavy atom. The van der Waals surface area contributed by atoms with E-state index < -0.39 is 35.3 Å². The topological polar surface area (TPSA) is 123 Å². The molecule has 1 fully saturated rings. The molecule has 0 radical (unpaired) electrons. The molecule has 0 bridgehead atoms. The van der Waals surface area contributed by atoms with Crippen molar-refractivity contribution in [3.63, 3.8) is 0 Å². The number of pyridine rings is 2. The van der Waals surface area contributed by atoms with Crippen LogP contribution in [0, 0.1) is 11.8 Å². The Kier molecular flexibility index (Phi) is 7.05. The normalized spacial score (nSPS) is 17.8. The van der Waals surface area contributed by atoms with Crippen LogP contribution in [-0.4, -0.2) is 65.4 Å². The third kappa shape index (κ3) is 5.83. The Hall–Kier alpha value is -4.67. The molecule has 2 aliphatic rings. The van der Waals surface area contributed by atoms with Gasteiger partial charge < -0.3 is 29.5 Å². The molecule has 40 heavy (non-hydrogen) atoms. The van der Waals surface area contributed by atoms with Crippen molar-refractivity contribution in [2.75, 3.05) is 31.8 Å². The van der Waals surface area contributed by atoms with Crippen LogP contribution in [0.3, 0.4) is 0 Å². The summed E-state index contributed by atoms with van der Waals surface area (Å²) < 4.78 is 54.5. The summed E-state index contributed by atoms with van der Waals surface area (Å²) >= 11 is 0. The van der Waals surface area contributed by atoms with E-state index in [1.165, 1.54) is 30.3 Å². The van der Waals surface area contributed by atoms with E-state index in [0.717, 1.165) is 18.3 Å². The van der Waals surface area contributed by atoms with Gasteiger partial charge in [-0.2, -0.15) is 13.2 Å². The Morgan fingerprint density at radius 2 is 1.98 bits per heavy atom. The third-order valence-electron chi connectivity index (χ3n) is 6.01. The smallest absolute Gasteiger partial charge is 0.433 e. The molecule has 2 aliphatic heterocycles. The van der Waals surface area contributed by atoms with Gasteiger partial charge in [0.25, 0.3) is 11.8 Å². The Balaban J connectivity index is 1.26. The molecular formula is C27H21F3N4O6. The highest BCUT2D eigenvalue weighted by Crippen LogP contribution is 2.32. The van der Waals surface area contributed by atoms with Gasteiger partial charge in [-0.1, -0.05) is 11.8 Å². The third-order valence-corrected chi connectivity index (χ3v) is 6.01. The molecule has 1 atom stereocenters. The summed E-state index contributed by atoms with van der Waals surface area (Å²) in [5.74, 6) is 5.04. The predicted molar refractivity (Wildman–Crippen MR) is 133 cm³/mol. The van der Waals surface area contributed by atoms with Crippen LogP contribution < -0.4 is 19.7 Å². The summed E-state index contributed by atoms with van der Waals surface area (Å²) in [6.45, 7) is 0.103. The Morgan fingerprint density at radius 3 is 2.65 bits per heavy atom. The molecular weight excluding hydrogens is 533 g/mol. The first kappa shape index (κ1) is 26.9. The number of aromatic nitrogens is 2. The summed E-state index contributed by atoms with van der Waals surface area (Å²) in [5.41, 5.74) is -1.36. The van der Waals surface area contributed by atoms with Gasteiger partial charge >= 0.3 is 6.18 Å². The van der Waals surface area contributed by atoms with Crippen LogP contribution in [0.1, 0.15) is 21.7 Å². The maximum absolute atomic E-state index is 13.2. The minimum absolute atomic E-state index is 0.0246. The van der Waals surface area contributed by atoms with Gasteiger partial charge in [0.05, 0.1) is 25.1 Å². The summed E-state index contributed by atoms with van der Waals surface area (Å²) in [4.78, 5) is 34.8. The number of hydrogen-bond donors (Lipinski definition) is 2. The number of halogens is 3. The van der Waals surface area contributed by atoms with E-state index in [2.05, 4.69) is 27.1 Å². The number of aliphatic hydroxyl groups is 1. The van der Waals surface area contributed by atoms with Crippen molar-refractivity contribution in [2.24, 2.45) is 0 Å². The number of anilines is 1. The molecule has 2 N–H and O–H groups in total. The number of nitrogens with zero attached hydrogens (tertiary/aromatic N) is 3. The average Bonchev–Trinajstić information content (AvgIpc) is 3.03. The fourth-order valence-corrected chi connectivity index (χ4v) is 3.81. The first-order chi connectivity index (χ1) is 19.0. The number of rotatable bonds is 4. The fourth-order valence-electron chi connectivity index (χ4n) is 3.81. The van der Waals surface area contributed by atoms with Crippen LogP contribution in [0.2, 0.25) is 0 Å². The van der Waals surface area contributed by atoms with E-state index in [1.54, 1.807) is 18.2 Å². The van der Waals surface area contributed by atoms with Crippen molar-refractivity contribution in [3.05, 3.63) is 71.8 Å². The van der Waals surface area contributed by atoms with Crippen LogP contribution >= 0.6 is 0 Å². The number of benzene rings is 1. The van der Waals surface area contributed by atoms with E-state index >= 15 is 0 Å². The lowest BCUT2D eigenvalue weighted by atomic mass is 10.0. The first-order valence-corrected chi connectivity index (χ1v) is 11.9. The van der Waals surface area contributed by atoms with Crippen molar-refractivity contribution < 1.29 is 42.1 Å². The number of hydrogen-bond acceptors (Lipinski definition) is 8. The van der Waals surface area contributed by atoms with E-state index in [1.807, 2.05) is 0 Å². The number of likely N-dealkylation sites (N-methyl/N-ethyl adjacent to an activating group) is 1. The maximum Gasteiger partial charge on any atom is 0.433 e. The van der Waals surface area contributed by atoms with Gasteiger partial charge in [0.2, 0.25) is 0 Å². The molecule has 0 saturated carbocycles. The summed E-state index contributed by atoms with van der Waals surface area (Å²) in [6, 6.07) is 8.49. The standard InChI is InChI=1S/C27H21F3N4O6/c1-34-21-10-16(6-8-26(37)14-38-15-26)2-4-22(21)39-13-20(25(34)36)33-24(35)19-11-17(7-9-31-19)40-18-3-5-23(32-12-18)27(28,29)30/h2-5,7,9-12,20,37H,13-15H2,1H3,(H,33,35). The molecule has 1 aromatic carbocycles. The van der Waals surface area contributed by atoms with Gasteiger partial charge in [-0.3, -0.25) is 14.6 Å². The van der Waals surface area contributed by atoms with Crippen molar-refractivity contribution in [2.45, 2.75) is 17.8 Å². The summed E-state index contributed by atoms with van der Waals surface area (Å²) in [5, 5.41) is 12.7. The Bertz CT molecular complexity index is 1510. The van der Waals surface area contributed by atoms with Crippen LogP contribution in [0.25, 0.3) is 0 Å². The van der Waals surface area contributed by atoms with Crippen LogP contribution in [0.15, 0.2) is 54.9 Å². The van der Waals surface area contributed by atoms with Gasteiger partial charge in [0.15, 0.2) is 5.60 Å². The second-order valence-electron chi connectivity index (χ2n) is 9.05. The largest absolute Gasteiger partial charge is 0.489 e. The fraction of sp³-hybridized carbons (Fsp3) is 0.259. The molecule has 1 saturated heterocycles. The maximum atomic E-state index is 13.2. The number of alkyl halides is 3. The lowest BCUT2D eigenvalue weighted by molar-refractivity contribution is -0.141. The van der Waals surface area contributed by atoms with E-state index in [4.69, 9.17) is 14.2 Å². The number of carbonyl (C=O) groups is 2. The number of carbonyl (C=O) groups excluding carboxylic acids is 2. The van der Waals surface area contributed by atoms with Gasteiger partial charge in [-0.15, -0.1) is 0 Å². The average molecular weight is 554 g/mol. The monoisotopic (exact) mass is 554 g/mol. The van der Waals surface area contributed by atoms with Crippen molar-refractivity contribution in [1.82, 2.24) is 15.3 Å². The van der Waals surface area contributed by atoms with Crippen molar-refractivity contribution >= 4 is 17.5 Å². The zero-order valence-corrected chi connectivity index (χ0v) is 20.9. The molecule has 0 spiro atoms. The van der Waals surface area contributed by atoms with Crippen LogP contribution in [0.4, 0.5) is 18.9 Å². The molecule has 1 unspecified atom stereocenters. The zero-order valence-electron chi connectivity index (χ0n) is 20.9. The second kappa shape index (κ2) is 10.5. The lowest BCUT2D eigenvalue weighted by Gasteiger charge is -2.30. The highest BCUT2D eigenvalue weighted by atomic mass is 19.4. The number of fused-ring (bicyclic) bond motifs is 1. The molecule has 10 nitrogen and oxygen atoms in total. The quantitative estimate of drug-likeness (QED) is 0.472. The zero-order chi connectivity index (χ0) is 28.5. The molecule has 4 heterocycles. The Labute approximate surface area is 225 Å². The number of ether oxygens (including phenoxy) is 3. The minimum Gasteiger partial charge on any atom is -0.489 e. The summed E-state index contributed by atoms with van der Waals surface area (Å²) in [6.07, 6.45) is -2.39. The molecule has 206 valence electrons. The highest BCUT2D eigenvalue weighted by molar-refractivity contribution is 6.03. The lowest BCUT2D eigenvalue weighted by Crippen LogP contribution is -2.49. The van der Waals surface area contributed by atoms with E-state index in [0.29, 0.717) is 17.0 Å². The van der Waals surface area contributed by atoms with E-state index in [-0.39, 0.29) is 37.0 Å². The van der Waals surface area contributed by atoms with Gasteiger partial charge in [-0.25, -0.2) is 4.98 Å². The second-order valence-corrected chi connectivity index (χ2v) is 9.05. The molecule has 3 aromatic rings. The summed E-state index contributed by atoms with van der Waals surface area (Å²) in [7, 11) is 1.53. The molecule has 2 aromatic heterocycles. The first-order valence-electron chi connectivity index (χ1n) is 11.9. The van der Waals surface area contributed by atoms with Gasteiger partial charge in [0.1, 0.15) is 41.3 Å². The van der Waals surface area contributed by atoms with Crippen molar-refractivity contribution in [3.8, 4) is 29.1 Å². The van der Waals surface area contributed by atoms with Crippen LogP contribution in [-0.2, 0) is 15.7 Å². The number of nitrogens with one attached hydrogen (secondary N) is 1. The highest BCUT2D eigenvalue weighted by Gasteiger charge is 2.34. The van der Waals surface area contributed by atoms with E-state index in [9.17, 15) is 27.9 Å². The van der Waals surface area contributed by atoms with Crippen molar-refractivity contribution in [1.29, 1.82) is 0 Å². The van der Waals surface area contributed by atoms with Crippen LogP contribution in [0.5, 0.6) is 17.2 Å². The molecule has 0 aliphatic carbocycles. The predicted octanol–water partition coefficient (Wildman–Crippen LogP) is 2.55. The minimum atomic E-state index is -4.58. The molecule has 2 amide bonds. The molecule has 5 rings (SSSR count). The van der Waals surface area contributed by atoms with Gasteiger partial charge in [0, 0.05) is 24.9 Å².